The lowest BCUT2D eigenvalue weighted by Crippen LogP contribution is -2.08. The minimum absolute atomic E-state index is 0.0492. The van der Waals surface area contributed by atoms with Crippen molar-refractivity contribution in [2.24, 2.45) is 0 Å². The number of carbonyl (C=O) groups is 2. The molecule has 0 aromatic heterocycles. The maximum Gasteiger partial charge on any atom is 0.343 e. The van der Waals surface area contributed by atoms with E-state index in [1.54, 1.807) is 36.4 Å². The van der Waals surface area contributed by atoms with Crippen molar-refractivity contribution >= 4 is 11.9 Å². The number of rotatable bonds is 16. The smallest absolute Gasteiger partial charge is 0.343 e. The van der Waals surface area contributed by atoms with Gasteiger partial charge in [-0.25, -0.2) is 18.4 Å². The van der Waals surface area contributed by atoms with Crippen molar-refractivity contribution in [3.8, 4) is 17.9 Å². The summed E-state index contributed by atoms with van der Waals surface area (Å²) in [6, 6.07) is 21.3. The highest BCUT2D eigenvalue weighted by Gasteiger charge is 2.12. The lowest BCUT2D eigenvalue weighted by molar-refractivity contribution is 0.0637. The van der Waals surface area contributed by atoms with Crippen LogP contribution in [0.25, 0.3) is 0 Å². The number of carbonyl (C=O) groups excluding carboxylic acids is 2. The van der Waals surface area contributed by atoms with Gasteiger partial charge in [0, 0.05) is 12.1 Å². The van der Waals surface area contributed by atoms with E-state index in [2.05, 4.69) is 13.2 Å². The van der Waals surface area contributed by atoms with Crippen LogP contribution in [0.5, 0.6) is 5.75 Å². The van der Waals surface area contributed by atoms with E-state index in [4.69, 9.17) is 20.0 Å². The Labute approximate surface area is 262 Å². The third-order valence-electron chi connectivity index (χ3n) is 7.02. The zero-order valence-electron chi connectivity index (χ0n) is 25.0. The third-order valence-corrected chi connectivity index (χ3v) is 7.02. The highest BCUT2D eigenvalue weighted by molar-refractivity contribution is 5.91. The van der Waals surface area contributed by atoms with Gasteiger partial charge in [0.05, 0.1) is 22.3 Å². The van der Waals surface area contributed by atoms with Crippen LogP contribution in [0, 0.1) is 28.5 Å². The van der Waals surface area contributed by atoms with E-state index in [-0.39, 0.29) is 22.6 Å². The molecule has 0 fully saturated rings. The standard InChI is InChI=1S/C37H34F2N2O4/c1-26(24-40)34(38)22-27(2)44-36(42)30-16-12-28(13-17-30)10-8-6-4-3-5-7-9-11-29-14-18-31(19-15-29)37(43)45-33-21-20-32(25-41)35(39)23-33/h12-23H,1-11H2/b34-22+. The second-order valence-electron chi connectivity index (χ2n) is 10.5. The number of unbranched alkanes of at least 4 members (excludes halogenated alkanes) is 6. The number of hydrogen-bond acceptors (Lipinski definition) is 6. The SMILES string of the molecule is C=C(/C=C(/F)C(=C)C#N)OC(=O)c1ccc(CCCCCCCCCc2ccc(C(=O)Oc3ccc(C#N)c(F)c3)cc2)cc1. The van der Waals surface area contributed by atoms with Crippen LogP contribution in [0.4, 0.5) is 8.78 Å². The quantitative estimate of drug-likeness (QED) is 0.0402. The summed E-state index contributed by atoms with van der Waals surface area (Å²) in [5.41, 5.74) is 2.46. The lowest BCUT2D eigenvalue weighted by Gasteiger charge is -2.07. The molecule has 6 nitrogen and oxygen atoms in total. The van der Waals surface area contributed by atoms with Crippen molar-refractivity contribution in [1.29, 1.82) is 10.5 Å². The fraction of sp³-hybridized carbons (Fsp3) is 0.243. The summed E-state index contributed by atoms with van der Waals surface area (Å²) in [5, 5.41) is 17.5. The number of esters is 2. The highest BCUT2D eigenvalue weighted by Crippen LogP contribution is 2.19. The Balaban J connectivity index is 1.26. The average Bonchev–Trinajstić information content (AvgIpc) is 3.04. The van der Waals surface area contributed by atoms with Gasteiger partial charge in [-0.1, -0.05) is 69.5 Å². The molecular weight excluding hydrogens is 574 g/mol. The minimum atomic E-state index is -0.904. The van der Waals surface area contributed by atoms with Crippen LogP contribution in [0.3, 0.4) is 0 Å². The maximum absolute atomic E-state index is 13.7. The number of nitrogens with zero attached hydrogens (tertiary/aromatic N) is 2. The Hall–Kier alpha value is -5.34. The van der Waals surface area contributed by atoms with Gasteiger partial charge in [-0.05, 0) is 73.2 Å². The molecule has 3 aromatic rings. The Kier molecular flexibility index (Phi) is 13.4. The molecule has 0 saturated carbocycles. The Morgan fingerprint density at radius 2 is 1.27 bits per heavy atom. The summed E-state index contributed by atoms with van der Waals surface area (Å²) >= 11 is 0. The van der Waals surface area contributed by atoms with Gasteiger partial charge in [0.25, 0.3) is 0 Å². The van der Waals surface area contributed by atoms with E-state index >= 15 is 0 Å². The van der Waals surface area contributed by atoms with Crippen molar-refractivity contribution in [2.45, 2.75) is 57.8 Å². The molecule has 0 aliphatic heterocycles. The van der Waals surface area contributed by atoms with Crippen LogP contribution in [-0.2, 0) is 17.6 Å². The largest absolute Gasteiger partial charge is 0.423 e. The molecule has 0 saturated heterocycles. The molecule has 3 rings (SSSR count). The molecule has 0 aliphatic carbocycles. The fourth-order valence-corrected chi connectivity index (χ4v) is 4.46. The number of nitriles is 2. The molecule has 0 amide bonds. The van der Waals surface area contributed by atoms with Gasteiger partial charge >= 0.3 is 11.9 Å². The van der Waals surface area contributed by atoms with Crippen molar-refractivity contribution in [1.82, 2.24) is 0 Å². The van der Waals surface area contributed by atoms with E-state index in [9.17, 15) is 18.4 Å². The van der Waals surface area contributed by atoms with Gasteiger partial charge in [0.2, 0.25) is 0 Å². The van der Waals surface area contributed by atoms with E-state index in [1.807, 2.05) is 24.3 Å². The number of halogens is 2. The molecule has 0 heterocycles. The van der Waals surface area contributed by atoms with Gasteiger partial charge in [-0.15, -0.1) is 0 Å². The predicted molar refractivity (Wildman–Crippen MR) is 167 cm³/mol. The van der Waals surface area contributed by atoms with E-state index in [0.29, 0.717) is 11.1 Å². The molecule has 230 valence electrons. The number of aryl methyl sites for hydroxylation is 2. The van der Waals surface area contributed by atoms with Gasteiger partial charge < -0.3 is 9.47 Å². The first-order chi connectivity index (χ1) is 21.7. The Bertz CT molecular complexity index is 1630. The molecule has 0 bridgehead atoms. The summed E-state index contributed by atoms with van der Waals surface area (Å²) in [4.78, 5) is 24.6. The highest BCUT2D eigenvalue weighted by atomic mass is 19.1. The first kappa shape index (κ1) is 34.2. The molecule has 0 spiro atoms. The summed E-state index contributed by atoms with van der Waals surface area (Å²) in [5.74, 6) is -3.04. The van der Waals surface area contributed by atoms with Crippen molar-refractivity contribution < 1.29 is 27.8 Å². The van der Waals surface area contributed by atoms with Gasteiger partial charge in [-0.3, -0.25) is 0 Å². The molecule has 0 radical (unpaired) electrons. The average molecular weight is 609 g/mol. The third kappa shape index (κ3) is 11.3. The predicted octanol–water partition coefficient (Wildman–Crippen LogP) is 9.04. The number of allylic oxidation sites excluding steroid dienone is 3. The monoisotopic (exact) mass is 608 g/mol. The molecule has 0 atom stereocenters. The zero-order valence-corrected chi connectivity index (χ0v) is 25.0. The van der Waals surface area contributed by atoms with Crippen molar-refractivity contribution in [2.75, 3.05) is 0 Å². The van der Waals surface area contributed by atoms with Crippen LogP contribution in [0.2, 0.25) is 0 Å². The van der Waals surface area contributed by atoms with Gasteiger partial charge in [-0.2, -0.15) is 10.5 Å². The van der Waals surface area contributed by atoms with Crippen LogP contribution < -0.4 is 4.74 Å². The van der Waals surface area contributed by atoms with Crippen LogP contribution in [-0.4, -0.2) is 11.9 Å². The first-order valence-electron chi connectivity index (χ1n) is 14.7. The summed E-state index contributed by atoms with van der Waals surface area (Å²) in [6.07, 6.45) is 10.5. The molecule has 3 aromatic carbocycles. The molecule has 0 N–H and O–H groups in total. The van der Waals surface area contributed by atoms with Crippen molar-refractivity contribution in [3.63, 3.8) is 0 Å². The summed E-state index contributed by atoms with van der Waals surface area (Å²) in [6.45, 7) is 6.72. The molecule has 45 heavy (non-hydrogen) atoms. The molecule has 8 heteroatoms. The number of hydrogen-bond donors (Lipinski definition) is 0. The summed E-state index contributed by atoms with van der Waals surface area (Å²) < 4.78 is 37.6. The molecule has 0 aliphatic rings. The normalized spacial score (nSPS) is 10.8. The molecular formula is C37H34F2N2O4. The minimum Gasteiger partial charge on any atom is -0.423 e. The Morgan fingerprint density at radius 1 is 0.756 bits per heavy atom. The number of ether oxygens (including phenoxy) is 2. The molecule has 0 unspecified atom stereocenters. The van der Waals surface area contributed by atoms with Gasteiger partial charge in [0.1, 0.15) is 35.3 Å². The second-order valence-corrected chi connectivity index (χ2v) is 10.5. The van der Waals surface area contributed by atoms with E-state index in [0.717, 1.165) is 81.1 Å². The zero-order chi connectivity index (χ0) is 32.6. The van der Waals surface area contributed by atoms with Crippen LogP contribution >= 0.6 is 0 Å². The second kappa shape index (κ2) is 17.7. The Morgan fingerprint density at radius 3 is 1.76 bits per heavy atom. The van der Waals surface area contributed by atoms with Crippen LogP contribution in [0.1, 0.15) is 82.4 Å². The van der Waals surface area contributed by atoms with E-state index in [1.165, 1.54) is 12.1 Å². The number of benzene rings is 3. The lowest BCUT2D eigenvalue weighted by atomic mass is 10.0. The first-order valence-corrected chi connectivity index (χ1v) is 14.7. The van der Waals surface area contributed by atoms with E-state index < -0.39 is 23.6 Å². The van der Waals surface area contributed by atoms with Gasteiger partial charge in [0.15, 0.2) is 0 Å². The summed E-state index contributed by atoms with van der Waals surface area (Å²) in [7, 11) is 0. The van der Waals surface area contributed by atoms with Crippen LogP contribution in [0.15, 0.2) is 103 Å². The van der Waals surface area contributed by atoms with Crippen molar-refractivity contribution in [3.05, 3.63) is 137 Å². The maximum atomic E-state index is 13.7. The topological polar surface area (TPSA) is 100 Å². The fourth-order valence-electron chi connectivity index (χ4n) is 4.46.